The van der Waals surface area contributed by atoms with Gasteiger partial charge in [0.05, 0.1) is 11.4 Å². The molecule has 0 bridgehead atoms. The van der Waals surface area contributed by atoms with Crippen LogP contribution in [0.3, 0.4) is 0 Å². The summed E-state index contributed by atoms with van der Waals surface area (Å²) in [5.41, 5.74) is 11.2. The van der Waals surface area contributed by atoms with Crippen LogP contribution in [0.15, 0.2) is 24.3 Å². The first-order valence-electron chi connectivity index (χ1n) is 6.83. The van der Waals surface area contributed by atoms with Crippen molar-refractivity contribution >= 4 is 23.0 Å². The fourth-order valence-corrected chi connectivity index (χ4v) is 2.12. The third kappa shape index (κ3) is 3.66. The molecule has 0 aliphatic carbocycles. The van der Waals surface area contributed by atoms with Gasteiger partial charge < -0.3 is 20.8 Å². The number of nitrogen functional groups attached to an aromatic ring is 2. The molecule has 114 valence electrons. The van der Waals surface area contributed by atoms with Gasteiger partial charge in [0.25, 0.3) is 0 Å². The van der Waals surface area contributed by atoms with Crippen molar-refractivity contribution in [1.29, 1.82) is 0 Å². The first-order chi connectivity index (χ1) is 9.80. The predicted molar refractivity (Wildman–Crippen MR) is 84.4 cm³/mol. The Morgan fingerprint density at radius 1 is 1.38 bits per heavy atom. The lowest BCUT2D eigenvalue weighted by molar-refractivity contribution is 0.0306. The highest BCUT2D eigenvalue weighted by Gasteiger charge is 2.25. The second-order valence-electron chi connectivity index (χ2n) is 6.04. The number of carbonyl (C=O) groups is 1. The topological polar surface area (TPSA) is 93.6 Å². The quantitative estimate of drug-likeness (QED) is 0.441. The van der Waals surface area contributed by atoms with Gasteiger partial charge in [-0.15, -0.1) is 0 Å². The highest BCUT2D eigenvalue weighted by molar-refractivity contribution is 5.80. The maximum atomic E-state index is 12.0. The first-order valence-corrected chi connectivity index (χ1v) is 6.83. The second kappa shape index (κ2) is 5.65. The van der Waals surface area contributed by atoms with Gasteiger partial charge in [0.1, 0.15) is 5.60 Å². The van der Waals surface area contributed by atoms with Crippen LogP contribution in [0.25, 0.3) is 5.57 Å². The number of nitrogens with two attached hydrogens (primary N) is 2. The van der Waals surface area contributed by atoms with Gasteiger partial charge in [-0.05, 0) is 44.0 Å². The average molecular weight is 290 g/mol. The summed E-state index contributed by atoms with van der Waals surface area (Å²) in [6, 6.07) is 5.59. The van der Waals surface area contributed by atoms with Crippen molar-refractivity contribution in [2.75, 3.05) is 24.2 Å². The molecule has 0 spiro atoms. The van der Waals surface area contributed by atoms with Crippen molar-refractivity contribution in [2.45, 2.75) is 26.4 Å². The van der Waals surface area contributed by atoms with E-state index in [1.807, 2.05) is 45.0 Å². The molecule has 5 N–H and O–H groups in total. The molecule has 1 aliphatic rings. The number of ether oxygens (including phenoxy) is 1. The predicted octanol–water partition coefficient (Wildman–Crippen LogP) is 2.19. The number of carbonyl (C=O) groups excluding carboxylic acids is 1. The minimum atomic E-state index is -0.487. The number of rotatable bonds is 2. The zero-order chi connectivity index (χ0) is 15.6. The van der Waals surface area contributed by atoms with E-state index >= 15 is 0 Å². The standard InChI is InChI=1S/C15H22N4O2/c1-15(2,3)21-14(20)19-7-6-11(9-19)10-4-5-13(18-17)12(16)8-10/h4-6,8,18H,7,9,16-17H2,1-3H3. The van der Waals surface area contributed by atoms with Crippen LogP contribution in [-0.2, 0) is 4.74 Å². The minimum absolute atomic E-state index is 0.304. The van der Waals surface area contributed by atoms with E-state index in [-0.39, 0.29) is 6.09 Å². The summed E-state index contributed by atoms with van der Waals surface area (Å²) in [6.45, 7) is 6.63. The summed E-state index contributed by atoms with van der Waals surface area (Å²) < 4.78 is 5.37. The van der Waals surface area contributed by atoms with Crippen LogP contribution in [0, 0.1) is 0 Å². The van der Waals surface area contributed by atoms with Gasteiger partial charge in [-0.1, -0.05) is 12.1 Å². The third-order valence-electron chi connectivity index (χ3n) is 3.15. The van der Waals surface area contributed by atoms with Crippen LogP contribution >= 0.6 is 0 Å². The Balaban J connectivity index is 2.05. The number of nitrogens with one attached hydrogen (secondary N) is 1. The maximum absolute atomic E-state index is 12.0. The van der Waals surface area contributed by atoms with Crippen LogP contribution in [-0.4, -0.2) is 29.7 Å². The van der Waals surface area contributed by atoms with Gasteiger partial charge in [-0.2, -0.15) is 0 Å². The molecule has 0 atom stereocenters. The Labute approximate surface area is 124 Å². The Bertz CT molecular complexity index is 576. The Kier molecular flexibility index (Phi) is 4.09. The van der Waals surface area contributed by atoms with E-state index in [1.165, 1.54) is 0 Å². The van der Waals surface area contributed by atoms with E-state index in [0.29, 0.717) is 24.5 Å². The van der Waals surface area contributed by atoms with Crippen molar-refractivity contribution in [1.82, 2.24) is 4.90 Å². The molecule has 0 fully saturated rings. The SMILES string of the molecule is CC(C)(C)OC(=O)N1CC=C(c2ccc(NN)c(N)c2)C1. The van der Waals surface area contributed by atoms with Crippen molar-refractivity contribution in [3.63, 3.8) is 0 Å². The molecule has 1 amide bonds. The molecule has 2 rings (SSSR count). The number of benzene rings is 1. The molecule has 6 nitrogen and oxygen atoms in total. The van der Waals surface area contributed by atoms with Crippen LogP contribution in [0.2, 0.25) is 0 Å². The number of hydrazine groups is 1. The summed E-state index contributed by atoms with van der Waals surface area (Å²) in [5, 5.41) is 0. The lowest BCUT2D eigenvalue weighted by Gasteiger charge is -2.24. The van der Waals surface area contributed by atoms with Crippen LogP contribution in [0.5, 0.6) is 0 Å². The molecule has 1 aliphatic heterocycles. The molecule has 21 heavy (non-hydrogen) atoms. The van der Waals surface area contributed by atoms with E-state index in [2.05, 4.69) is 5.43 Å². The molecule has 0 saturated heterocycles. The van der Waals surface area contributed by atoms with Gasteiger partial charge in [0.15, 0.2) is 0 Å². The Hall–Kier alpha value is -2.21. The third-order valence-corrected chi connectivity index (χ3v) is 3.15. The van der Waals surface area contributed by atoms with Gasteiger partial charge in [0, 0.05) is 13.1 Å². The summed E-state index contributed by atoms with van der Waals surface area (Å²) in [5.74, 6) is 5.36. The maximum Gasteiger partial charge on any atom is 0.410 e. The molecule has 1 aromatic rings. The second-order valence-corrected chi connectivity index (χ2v) is 6.04. The lowest BCUT2D eigenvalue weighted by atomic mass is 10.1. The molecule has 0 aromatic heterocycles. The van der Waals surface area contributed by atoms with E-state index in [0.717, 1.165) is 11.1 Å². The monoisotopic (exact) mass is 290 g/mol. The van der Waals surface area contributed by atoms with Crippen molar-refractivity contribution in [3.8, 4) is 0 Å². The number of anilines is 2. The fraction of sp³-hybridized carbons (Fsp3) is 0.400. The van der Waals surface area contributed by atoms with Crippen molar-refractivity contribution < 1.29 is 9.53 Å². The van der Waals surface area contributed by atoms with E-state index in [9.17, 15) is 4.79 Å². The summed E-state index contributed by atoms with van der Waals surface area (Å²) in [6.07, 6.45) is 1.70. The zero-order valence-electron chi connectivity index (χ0n) is 12.6. The van der Waals surface area contributed by atoms with Crippen LogP contribution in [0.1, 0.15) is 26.3 Å². The molecular weight excluding hydrogens is 268 g/mol. The van der Waals surface area contributed by atoms with Crippen molar-refractivity contribution in [2.24, 2.45) is 5.84 Å². The molecular formula is C15H22N4O2. The summed E-state index contributed by atoms with van der Waals surface area (Å²) in [7, 11) is 0. The van der Waals surface area contributed by atoms with Crippen molar-refractivity contribution in [3.05, 3.63) is 29.8 Å². The minimum Gasteiger partial charge on any atom is -0.444 e. The summed E-state index contributed by atoms with van der Waals surface area (Å²) >= 11 is 0. The van der Waals surface area contributed by atoms with Gasteiger partial charge in [-0.25, -0.2) is 4.79 Å². The van der Waals surface area contributed by atoms with Gasteiger partial charge in [0.2, 0.25) is 0 Å². The molecule has 0 saturated carbocycles. The number of amides is 1. The average Bonchev–Trinajstić information content (AvgIpc) is 2.86. The van der Waals surface area contributed by atoms with E-state index < -0.39 is 5.60 Å². The molecule has 0 unspecified atom stereocenters. The smallest absolute Gasteiger partial charge is 0.410 e. The summed E-state index contributed by atoms with van der Waals surface area (Å²) in [4.78, 5) is 13.7. The first kappa shape index (κ1) is 15.2. The van der Waals surface area contributed by atoms with Crippen LogP contribution < -0.4 is 17.0 Å². The van der Waals surface area contributed by atoms with Crippen LogP contribution in [0.4, 0.5) is 16.2 Å². The number of hydrogen-bond acceptors (Lipinski definition) is 5. The number of nitrogens with zero attached hydrogens (tertiary/aromatic N) is 1. The highest BCUT2D eigenvalue weighted by Crippen LogP contribution is 2.27. The molecule has 0 radical (unpaired) electrons. The normalized spacial score (nSPS) is 14.9. The number of hydrogen-bond donors (Lipinski definition) is 3. The van der Waals surface area contributed by atoms with E-state index in [1.54, 1.807) is 4.90 Å². The molecule has 1 aromatic carbocycles. The Morgan fingerprint density at radius 3 is 2.67 bits per heavy atom. The van der Waals surface area contributed by atoms with E-state index in [4.69, 9.17) is 16.3 Å². The zero-order valence-corrected chi connectivity index (χ0v) is 12.6. The van der Waals surface area contributed by atoms with Gasteiger partial charge >= 0.3 is 6.09 Å². The molecule has 1 heterocycles. The Morgan fingerprint density at radius 2 is 2.10 bits per heavy atom. The van der Waals surface area contributed by atoms with Gasteiger partial charge in [-0.3, -0.25) is 5.84 Å². The highest BCUT2D eigenvalue weighted by atomic mass is 16.6. The largest absolute Gasteiger partial charge is 0.444 e. The lowest BCUT2D eigenvalue weighted by Crippen LogP contribution is -2.35. The fourth-order valence-electron chi connectivity index (χ4n) is 2.12. The molecule has 6 heteroatoms.